The van der Waals surface area contributed by atoms with Crippen molar-refractivity contribution in [3.05, 3.63) is 63.6 Å². The molecule has 2 aliphatic rings. The van der Waals surface area contributed by atoms with E-state index in [0.29, 0.717) is 34.1 Å². The van der Waals surface area contributed by atoms with Gasteiger partial charge < -0.3 is 10.6 Å². The molecule has 6 nitrogen and oxygen atoms in total. The second kappa shape index (κ2) is 10.3. The second-order valence-corrected chi connectivity index (χ2v) is 11.5. The van der Waals surface area contributed by atoms with E-state index in [9.17, 15) is 13.2 Å². The summed E-state index contributed by atoms with van der Waals surface area (Å²) < 4.78 is 28.6. The van der Waals surface area contributed by atoms with Crippen LogP contribution in [-0.2, 0) is 16.6 Å². The van der Waals surface area contributed by atoms with Gasteiger partial charge in [0, 0.05) is 52.9 Å². The van der Waals surface area contributed by atoms with Crippen molar-refractivity contribution in [3.63, 3.8) is 0 Å². The summed E-state index contributed by atoms with van der Waals surface area (Å²) in [4.78, 5) is 15.7. The Morgan fingerprint density at radius 2 is 1.67 bits per heavy atom. The topological polar surface area (TPSA) is 83.7 Å². The third-order valence-electron chi connectivity index (χ3n) is 6.69. The minimum absolute atomic E-state index is 0.0365. The summed E-state index contributed by atoms with van der Waals surface area (Å²) >= 11 is 12.3. The Bertz CT molecular complexity index is 1100. The number of benzene rings is 2. The zero-order chi connectivity index (χ0) is 23.6. The van der Waals surface area contributed by atoms with Crippen LogP contribution in [0.1, 0.15) is 54.4 Å². The highest BCUT2D eigenvalue weighted by Crippen LogP contribution is 2.33. The number of halogens is 2. The molecule has 0 spiro atoms. The first-order valence-electron chi connectivity index (χ1n) is 11.4. The van der Waals surface area contributed by atoms with Crippen LogP contribution in [0.25, 0.3) is 0 Å². The van der Waals surface area contributed by atoms with Gasteiger partial charge in [0.1, 0.15) is 0 Å². The second-order valence-electron chi connectivity index (χ2n) is 8.74. The van der Waals surface area contributed by atoms with Crippen molar-refractivity contribution in [3.8, 4) is 0 Å². The fourth-order valence-electron chi connectivity index (χ4n) is 5.04. The maximum atomic E-state index is 13.6. The molecule has 1 aliphatic heterocycles. The van der Waals surface area contributed by atoms with Crippen molar-refractivity contribution in [1.82, 2.24) is 9.21 Å². The van der Waals surface area contributed by atoms with Crippen LogP contribution < -0.4 is 5.73 Å². The van der Waals surface area contributed by atoms with E-state index in [4.69, 9.17) is 28.9 Å². The van der Waals surface area contributed by atoms with Crippen LogP contribution in [0.15, 0.2) is 47.4 Å². The highest BCUT2D eigenvalue weighted by molar-refractivity contribution is 7.89. The summed E-state index contributed by atoms with van der Waals surface area (Å²) in [6, 6.07) is 11.7. The molecule has 178 valence electrons. The van der Waals surface area contributed by atoms with E-state index in [0.717, 1.165) is 32.1 Å². The minimum Gasteiger partial charge on any atom is -0.331 e. The number of amides is 1. The molecule has 4 rings (SSSR count). The van der Waals surface area contributed by atoms with Gasteiger partial charge in [0.15, 0.2) is 0 Å². The molecule has 2 N–H and O–H groups in total. The maximum Gasteiger partial charge on any atom is 0.254 e. The summed E-state index contributed by atoms with van der Waals surface area (Å²) in [6.45, 7) is 0.701. The molecular formula is C24H29Cl2N3O3S. The molecule has 2 fully saturated rings. The van der Waals surface area contributed by atoms with Crippen molar-refractivity contribution in [1.29, 1.82) is 0 Å². The summed E-state index contributed by atoms with van der Waals surface area (Å²) in [5.41, 5.74) is 6.82. The molecular weight excluding hydrogens is 481 g/mol. The summed E-state index contributed by atoms with van der Waals surface area (Å²) in [6.07, 6.45) is 5.47. The van der Waals surface area contributed by atoms with Crippen LogP contribution in [0, 0.1) is 0 Å². The van der Waals surface area contributed by atoms with Gasteiger partial charge in [-0.2, -0.15) is 4.31 Å². The molecule has 1 atom stereocenters. The third-order valence-corrected chi connectivity index (χ3v) is 9.25. The number of rotatable bonds is 6. The van der Waals surface area contributed by atoms with Crippen molar-refractivity contribution < 1.29 is 13.2 Å². The first-order valence-corrected chi connectivity index (χ1v) is 13.6. The SMILES string of the molecule is NCc1c(Cl)cccc1S(=O)(=O)N1CCC[C@H](N(C(=O)c2ccc(Cl)cc2)C2CCCC2)C1. The first kappa shape index (κ1) is 24.5. The summed E-state index contributed by atoms with van der Waals surface area (Å²) in [5, 5.41) is 0.920. The van der Waals surface area contributed by atoms with Crippen LogP contribution in [0.5, 0.6) is 0 Å². The molecule has 1 saturated heterocycles. The number of carbonyl (C=O) groups excluding carboxylic acids is 1. The van der Waals surface area contributed by atoms with Gasteiger partial charge in [-0.05, 0) is 62.1 Å². The van der Waals surface area contributed by atoms with Gasteiger partial charge in [-0.1, -0.05) is 42.1 Å². The lowest BCUT2D eigenvalue weighted by Gasteiger charge is -2.42. The van der Waals surface area contributed by atoms with Crippen molar-refractivity contribution >= 4 is 39.1 Å². The molecule has 9 heteroatoms. The van der Waals surface area contributed by atoms with Crippen LogP contribution in [0.4, 0.5) is 0 Å². The average molecular weight is 510 g/mol. The Hall–Kier alpha value is -1.64. The van der Waals surface area contributed by atoms with E-state index in [1.807, 2.05) is 4.90 Å². The number of hydrogen-bond donors (Lipinski definition) is 1. The number of hydrogen-bond acceptors (Lipinski definition) is 4. The van der Waals surface area contributed by atoms with Crippen LogP contribution >= 0.6 is 23.2 Å². The van der Waals surface area contributed by atoms with Gasteiger partial charge in [-0.25, -0.2) is 8.42 Å². The van der Waals surface area contributed by atoms with E-state index < -0.39 is 10.0 Å². The quantitative estimate of drug-likeness (QED) is 0.611. The van der Waals surface area contributed by atoms with Crippen molar-refractivity contribution in [2.24, 2.45) is 5.73 Å². The van der Waals surface area contributed by atoms with Crippen LogP contribution in [0.2, 0.25) is 10.0 Å². The minimum atomic E-state index is -3.80. The zero-order valence-electron chi connectivity index (χ0n) is 18.4. The van der Waals surface area contributed by atoms with Gasteiger partial charge in [0.25, 0.3) is 5.91 Å². The Balaban J connectivity index is 1.64. The summed E-state index contributed by atoms with van der Waals surface area (Å²) in [7, 11) is -3.80. The number of piperidine rings is 1. The van der Waals surface area contributed by atoms with E-state index in [2.05, 4.69) is 0 Å². The standard InChI is InChI=1S/C24H29Cl2N3O3S/c25-18-12-10-17(11-13-18)24(30)29(19-5-1-2-6-19)20-7-4-14-28(16-20)33(31,32)23-9-3-8-22(26)21(23)15-27/h3,8-13,19-20H,1-2,4-7,14-16,27H2/t20-/m0/s1. The largest absolute Gasteiger partial charge is 0.331 e. The van der Waals surface area contributed by atoms with Gasteiger partial charge >= 0.3 is 0 Å². The van der Waals surface area contributed by atoms with Gasteiger partial charge in [0.05, 0.1) is 4.90 Å². The highest BCUT2D eigenvalue weighted by Gasteiger charge is 2.39. The van der Waals surface area contributed by atoms with Crippen LogP contribution in [-0.4, -0.2) is 48.7 Å². The normalized spacial score (nSPS) is 20.2. The lowest BCUT2D eigenvalue weighted by molar-refractivity contribution is 0.0488. The lowest BCUT2D eigenvalue weighted by atomic mass is 10.0. The molecule has 2 aromatic carbocycles. The smallest absolute Gasteiger partial charge is 0.254 e. The van der Waals surface area contributed by atoms with E-state index in [1.165, 1.54) is 4.31 Å². The zero-order valence-corrected chi connectivity index (χ0v) is 20.7. The average Bonchev–Trinajstić information content (AvgIpc) is 3.34. The molecule has 0 aromatic heterocycles. The number of carbonyl (C=O) groups is 1. The fourth-order valence-corrected chi connectivity index (χ4v) is 7.24. The number of nitrogens with zero attached hydrogens (tertiary/aromatic N) is 2. The van der Waals surface area contributed by atoms with E-state index in [-0.39, 0.29) is 36.0 Å². The van der Waals surface area contributed by atoms with Crippen LogP contribution in [0.3, 0.4) is 0 Å². The van der Waals surface area contributed by atoms with E-state index in [1.54, 1.807) is 42.5 Å². The Kier molecular flexibility index (Phi) is 7.66. The number of sulfonamides is 1. The van der Waals surface area contributed by atoms with E-state index >= 15 is 0 Å². The molecule has 1 aliphatic carbocycles. The summed E-state index contributed by atoms with van der Waals surface area (Å²) in [5.74, 6) is -0.0618. The third kappa shape index (κ3) is 5.08. The molecule has 2 aromatic rings. The highest BCUT2D eigenvalue weighted by atomic mass is 35.5. The van der Waals surface area contributed by atoms with Gasteiger partial charge in [-0.15, -0.1) is 0 Å². The van der Waals surface area contributed by atoms with Crippen molar-refractivity contribution in [2.75, 3.05) is 13.1 Å². The maximum absolute atomic E-state index is 13.6. The monoisotopic (exact) mass is 509 g/mol. The predicted octanol–water partition coefficient (Wildman–Crippen LogP) is 4.69. The molecule has 1 heterocycles. The molecule has 1 saturated carbocycles. The molecule has 0 bridgehead atoms. The predicted molar refractivity (Wildman–Crippen MR) is 131 cm³/mol. The first-order chi connectivity index (χ1) is 15.8. The molecule has 0 radical (unpaired) electrons. The fraction of sp³-hybridized carbons (Fsp3) is 0.458. The Morgan fingerprint density at radius 1 is 1.00 bits per heavy atom. The van der Waals surface area contributed by atoms with Gasteiger partial charge in [0.2, 0.25) is 10.0 Å². The molecule has 0 unspecified atom stereocenters. The number of nitrogens with two attached hydrogens (primary N) is 1. The Morgan fingerprint density at radius 3 is 2.33 bits per heavy atom. The molecule has 1 amide bonds. The molecule has 33 heavy (non-hydrogen) atoms. The Labute approximate surface area is 205 Å². The van der Waals surface area contributed by atoms with Crippen molar-refractivity contribution in [2.45, 2.75) is 62.0 Å². The lowest BCUT2D eigenvalue weighted by Crippen LogP contribution is -2.54. The van der Waals surface area contributed by atoms with Gasteiger partial charge in [-0.3, -0.25) is 4.79 Å².